The molecule has 0 fully saturated rings. The Bertz CT molecular complexity index is 1510. The topological polar surface area (TPSA) is 132 Å². The molecule has 4 rings (SSSR count). The van der Waals surface area contributed by atoms with Gasteiger partial charge >= 0.3 is 0 Å². The highest BCUT2D eigenvalue weighted by Crippen LogP contribution is 2.37. The largest absolute Gasteiger partial charge is 0.396 e. The van der Waals surface area contributed by atoms with E-state index in [2.05, 4.69) is 27.4 Å². The Balaban J connectivity index is 1.58. The number of aliphatic hydroxyl groups is 1. The number of nitrogens with two attached hydrogens (primary N) is 1. The number of anilines is 3. The fourth-order valence-electron chi connectivity index (χ4n) is 3.59. The van der Waals surface area contributed by atoms with Gasteiger partial charge < -0.3 is 16.2 Å². The molecule has 0 atom stereocenters. The summed E-state index contributed by atoms with van der Waals surface area (Å²) in [5, 5.41) is 34.0. The van der Waals surface area contributed by atoms with Crippen molar-refractivity contribution in [3.63, 3.8) is 0 Å². The molecule has 0 aliphatic carbocycles. The Hall–Kier alpha value is -4.03. The van der Waals surface area contributed by atoms with E-state index in [1.54, 1.807) is 5.38 Å². The number of nitrogen functional groups attached to an aromatic ring is 1. The van der Waals surface area contributed by atoms with Gasteiger partial charge in [0.15, 0.2) is 5.13 Å². The van der Waals surface area contributed by atoms with Gasteiger partial charge in [0.05, 0.1) is 16.9 Å². The molecule has 0 aliphatic heterocycles. The zero-order valence-electron chi connectivity index (χ0n) is 19.3. The number of thioether (sulfide) groups is 1. The van der Waals surface area contributed by atoms with Crippen LogP contribution in [0.15, 0.2) is 52.9 Å². The van der Waals surface area contributed by atoms with Crippen LogP contribution in [0, 0.1) is 34.3 Å². The molecular weight excluding hydrogens is 514 g/mol. The van der Waals surface area contributed by atoms with Crippen LogP contribution in [0.5, 0.6) is 0 Å². The van der Waals surface area contributed by atoms with Crippen molar-refractivity contribution in [2.45, 2.75) is 23.6 Å². The summed E-state index contributed by atoms with van der Waals surface area (Å²) < 4.78 is 27.4. The molecular formula is C26H20F2N6OS2. The highest BCUT2D eigenvalue weighted by atomic mass is 32.2. The number of hydrogen-bond donors (Lipinski definition) is 3. The van der Waals surface area contributed by atoms with E-state index in [0.717, 1.165) is 23.8 Å². The molecule has 0 spiro atoms. The number of aromatic nitrogens is 2. The first-order chi connectivity index (χ1) is 17.9. The van der Waals surface area contributed by atoms with Gasteiger partial charge in [0.1, 0.15) is 40.2 Å². The van der Waals surface area contributed by atoms with E-state index in [1.807, 2.05) is 24.3 Å². The van der Waals surface area contributed by atoms with Gasteiger partial charge in [-0.15, -0.1) is 11.3 Å². The van der Waals surface area contributed by atoms with Crippen molar-refractivity contribution in [2.75, 3.05) is 17.7 Å². The van der Waals surface area contributed by atoms with Crippen molar-refractivity contribution < 1.29 is 13.9 Å². The van der Waals surface area contributed by atoms with Gasteiger partial charge in [0, 0.05) is 29.4 Å². The van der Waals surface area contributed by atoms with Gasteiger partial charge in [0.2, 0.25) is 0 Å². The summed E-state index contributed by atoms with van der Waals surface area (Å²) in [5.41, 5.74) is 9.17. The average molecular weight is 535 g/mol. The number of aliphatic hydroxyl groups excluding tert-OH is 1. The Labute approximate surface area is 220 Å². The van der Waals surface area contributed by atoms with Crippen molar-refractivity contribution >= 4 is 39.7 Å². The highest BCUT2D eigenvalue weighted by molar-refractivity contribution is 7.98. The lowest BCUT2D eigenvalue weighted by molar-refractivity contribution is 0.288. The molecule has 2 aromatic heterocycles. The molecule has 0 amide bonds. The van der Waals surface area contributed by atoms with Crippen molar-refractivity contribution in [3.8, 4) is 23.3 Å². The van der Waals surface area contributed by atoms with E-state index in [0.29, 0.717) is 45.6 Å². The molecule has 7 nitrogen and oxygen atoms in total. The van der Waals surface area contributed by atoms with Crippen LogP contribution in [0.2, 0.25) is 0 Å². The Morgan fingerprint density at radius 1 is 1.05 bits per heavy atom. The standard InChI is InChI=1S/C26H20F2N6OS2/c27-17-7-8-21(28)22(10-17)33-26-32-18(14-37-26)13-36-25-20(12-30)23(19(11-29)24(31)34-25)16-5-3-15(4-6-16)2-1-9-35/h3-8,10,14,35H,1-2,9,13H2,(H2,31,34)(H,32,33). The zero-order valence-corrected chi connectivity index (χ0v) is 21.0. The number of rotatable bonds is 9. The quantitative estimate of drug-likeness (QED) is 0.231. The third-order valence-electron chi connectivity index (χ3n) is 5.36. The summed E-state index contributed by atoms with van der Waals surface area (Å²) in [6.45, 7) is 0.0959. The van der Waals surface area contributed by atoms with E-state index >= 15 is 0 Å². The first-order valence-corrected chi connectivity index (χ1v) is 12.9. The van der Waals surface area contributed by atoms with Crippen molar-refractivity contribution in [1.82, 2.24) is 9.97 Å². The number of nitriles is 2. The van der Waals surface area contributed by atoms with E-state index < -0.39 is 11.6 Å². The minimum atomic E-state index is -0.600. The third kappa shape index (κ3) is 6.04. The summed E-state index contributed by atoms with van der Waals surface area (Å²) in [6.07, 6.45) is 1.35. The van der Waals surface area contributed by atoms with Crippen LogP contribution in [0.4, 0.5) is 25.4 Å². The molecule has 0 bridgehead atoms. The van der Waals surface area contributed by atoms with E-state index in [1.165, 1.54) is 23.1 Å². The van der Waals surface area contributed by atoms with Gasteiger partial charge in [0.25, 0.3) is 0 Å². The van der Waals surface area contributed by atoms with Crippen LogP contribution in [-0.4, -0.2) is 21.7 Å². The number of nitrogens with one attached hydrogen (secondary N) is 1. The minimum absolute atomic E-state index is 0.0190. The maximum absolute atomic E-state index is 13.9. The number of thiazole rings is 1. The molecule has 2 heterocycles. The summed E-state index contributed by atoms with van der Waals surface area (Å²) in [7, 11) is 0. The van der Waals surface area contributed by atoms with Gasteiger partial charge in [-0.1, -0.05) is 36.0 Å². The van der Waals surface area contributed by atoms with Crippen molar-refractivity contribution in [2.24, 2.45) is 0 Å². The fraction of sp³-hybridized carbons (Fsp3) is 0.154. The van der Waals surface area contributed by atoms with E-state index in [9.17, 15) is 19.3 Å². The maximum atomic E-state index is 13.9. The molecule has 0 radical (unpaired) electrons. The van der Waals surface area contributed by atoms with Crippen LogP contribution in [0.25, 0.3) is 11.1 Å². The van der Waals surface area contributed by atoms with E-state index in [4.69, 9.17) is 10.8 Å². The van der Waals surface area contributed by atoms with Crippen LogP contribution < -0.4 is 11.1 Å². The molecule has 0 unspecified atom stereocenters. The number of hydrogen-bond acceptors (Lipinski definition) is 9. The molecule has 37 heavy (non-hydrogen) atoms. The highest BCUT2D eigenvalue weighted by Gasteiger charge is 2.21. The molecule has 0 aliphatic rings. The molecule has 4 aromatic rings. The lowest BCUT2D eigenvalue weighted by atomic mass is 9.95. The Morgan fingerprint density at radius 3 is 2.51 bits per heavy atom. The number of benzene rings is 2. The molecule has 11 heteroatoms. The summed E-state index contributed by atoms with van der Waals surface area (Å²) in [5.74, 6) is -0.820. The Morgan fingerprint density at radius 2 is 1.81 bits per heavy atom. The van der Waals surface area contributed by atoms with Crippen LogP contribution in [0.3, 0.4) is 0 Å². The first kappa shape index (κ1) is 26.0. The molecule has 0 saturated carbocycles. The molecule has 0 saturated heterocycles. The second-order valence-electron chi connectivity index (χ2n) is 7.86. The van der Waals surface area contributed by atoms with Gasteiger partial charge in [-0.25, -0.2) is 18.7 Å². The van der Waals surface area contributed by atoms with Gasteiger partial charge in [-0.3, -0.25) is 0 Å². The molecule has 4 N–H and O–H groups in total. The van der Waals surface area contributed by atoms with Gasteiger partial charge in [-0.2, -0.15) is 10.5 Å². The lowest BCUT2D eigenvalue weighted by Crippen LogP contribution is -2.03. The first-order valence-electron chi connectivity index (χ1n) is 11.1. The summed E-state index contributed by atoms with van der Waals surface area (Å²) in [4.78, 5) is 8.71. The normalized spacial score (nSPS) is 10.6. The second kappa shape index (κ2) is 11.8. The Kier molecular flexibility index (Phi) is 8.31. The SMILES string of the molecule is N#Cc1c(N)nc(SCc2csc(Nc3cc(F)ccc3F)n2)c(C#N)c1-c1ccc(CCCO)cc1. The minimum Gasteiger partial charge on any atom is -0.396 e. The maximum Gasteiger partial charge on any atom is 0.187 e. The number of nitrogens with zero attached hydrogens (tertiary/aromatic N) is 4. The zero-order chi connectivity index (χ0) is 26.4. The van der Waals surface area contributed by atoms with Crippen molar-refractivity contribution in [3.05, 3.63) is 81.9 Å². The predicted molar refractivity (Wildman–Crippen MR) is 140 cm³/mol. The third-order valence-corrected chi connectivity index (χ3v) is 7.18. The predicted octanol–water partition coefficient (Wildman–Crippen LogP) is 5.77. The van der Waals surface area contributed by atoms with E-state index in [-0.39, 0.29) is 29.2 Å². The number of aryl methyl sites for hydroxylation is 1. The smallest absolute Gasteiger partial charge is 0.187 e. The van der Waals surface area contributed by atoms with Gasteiger partial charge in [-0.05, 0) is 36.1 Å². The molecule has 186 valence electrons. The summed E-state index contributed by atoms with van der Waals surface area (Å²) >= 11 is 2.46. The number of halogens is 2. The molecule has 2 aromatic carbocycles. The monoisotopic (exact) mass is 534 g/mol. The second-order valence-corrected chi connectivity index (χ2v) is 9.68. The fourth-order valence-corrected chi connectivity index (χ4v) is 5.31. The van der Waals surface area contributed by atoms with Crippen LogP contribution in [-0.2, 0) is 12.2 Å². The number of pyridine rings is 1. The lowest BCUT2D eigenvalue weighted by Gasteiger charge is -2.13. The summed E-state index contributed by atoms with van der Waals surface area (Å²) in [6, 6.07) is 14.8. The average Bonchev–Trinajstić information content (AvgIpc) is 3.35. The van der Waals surface area contributed by atoms with Crippen LogP contribution >= 0.6 is 23.1 Å². The van der Waals surface area contributed by atoms with Crippen LogP contribution in [0.1, 0.15) is 28.8 Å². The van der Waals surface area contributed by atoms with Crippen molar-refractivity contribution in [1.29, 1.82) is 10.5 Å².